The maximum atomic E-state index is 12.2. The molecule has 0 aromatic carbocycles. The minimum Gasteiger partial charge on any atom is -0.414 e. The third kappa shape index (κ3) is 2.96. The van der Waals surface area contributed by atoms with Crippen molar-refractivity contribution in [3.63, 3.8) is 0 Å². The lowest BCUT2D eigenvalue weighted by Gasteiger charge is -2.42. The van der Waals surface area contributed by atoms with E-state index in [0.29, 0.717) is 12.1 Å². The zero-order valence-corrected chi connectivity index (χ0v) is 15.0. The zero-order chi connectivity index (χ0) is 15.2. The Hall–Kier alpha value is -0.353. The van der Waals surface area contributed by atoms with Crippen molar-refractivity contribution >= 4 is 14.2 Å². The highest BCUT2D eigenvalue weighted by atomic mass is 28.4. The van der Waals surface area contributed by atoms with Crippen molar-refractivity contribution < 1.29 is 9.22 Å². The maximum absolute atomic E-state index is 12.2. The van der Waals surface area contributed by atoms with Gasteiger partial charge in [0.2, 0.25) is 5.91 Å². The average Bonchev–Trinajstić information content (AvgIpc) is 2.55. The number of nitrogens with one attached hydrogen (secondary N) is 1. The van der Waals surface area contributed by atoms with E-state index in [9.17, 15) is 4.79 Å². The fourth-order valence-corrected chi connectivity index (χ4v) is 4.82. The maximum Gasteiger partial charge on any atom is 0.226 e. The summed E-state index contributed by atoms with van der Waals surface area (Å²) in [6, 6.07) is 0.348. The summed E-state index contributed by atoms with van der Waals surface area (Å²) in [5.41, 5.74) is -0.0767. The van der Waals surface area contributed by atoms with E-state index in [1.807, 2.05) is 0 Å². The molecule has 0 radical (unpaired) electrons. The van der Waals surface area contributed by atoms with Gasteiger partial charge in [-0.15, -0.1) is 0 Å². The molecule has 1 saturated heterocycles. The van der Waals surface area contributed by atoms with Crippen LogP contribution >= 0.6 is 0 Å². The minimum absolute atomic E-state index is 0.0767. The molecule has 1 atom stereocenters. The van der Waals surface area contributed by atoms with Crippen molar-refractivity contribution in [2.45, 2.75) is 90.1 Å². The molecule has 116 valence electrons. The van der Waals surface area contributed by atoms with Crippen LogP contribution in [0.25, 0.3) is 0 Å². The highest BCUT2D eigenvalue weighted by Gasteiger charge is 2.48. The highest BCUT2D eigenvalue weighted by molar-refractivity contribution is 6.74. The Labute approximate surface area is 125 Å². The van der Waals surface area contributed by atoms with E-state index >= 15 is 0 Å². The first-order valence-electron chi connectivity index (χ1n) is 8.05. The fourth-order valence-electron chi connectivity index (χ4n) is 3.39. The SMILES string of the molecule is CC1CC2(CCC(O[Si](C)(C)C(C)(C)C)CC2)C(=O)N1. The average molecular weight is 298 g/mol. The second-order valence-corrected chi connectivity index (χ2v) is 13.2. The molecule has 1 aliphatic carbocycles. The zero-order valence-electron chi connectivity index (χ0n) is 14.0. The normalized spacial score (nSPS) is 35.4. The van der Waals surface area contributed by atoms with E-state index in [-0.39, 0.29) is 16.4 Å². The van der Waals surface area contributed by atoms with Gasteiger partial charge in [0.15, 0.2) is 8.32 Å². The lowest BCUT2D eigenvalue weighted by atomic mass is 9.71. The summed E-state index contributed by atoms with van der Waals surface area (Å²) >= 11 is 0. The molecule has 1 heterocycles. The molecule has 0 aromatic rings. The van der Waals surface area contributed by atoms with Crippen molar-refractivity contribution in [2.75, 3.05) is 0 Å². The molecule has 4 heteroatoms. The molecule has 1 spiro atoms. The van der Waals surface area contributed by atoms with Crippen molar-refractivity contribution in [1.29, 1.82) is 0 Å². The Kier molecular flexibility index (Phi) is 4.11. The number of carbonyl (C=O) groups is 1. The molecule has 1 aliphatic heterocycles. The first-order chi connectivity index (χ1) is 9.06. The van der Waals surface area contributed by atoms with Gasteiger partial charge >= 0.3 is 0 Å². The van der Waals surface area contributed by atoms with Crippen LogP contribution in [0, 0.1) is 5.41 Å². The fraction of sp³-hybridized carbons (Fsp3) is 0.938. The Morgan fingerprint density at radius 2 is 1.80 bits per heavy atom. The minimum atomic E-state index is -1.67. The number of amides is 1. The third-order valence-corrected chi connectivity index (χ3v) is 10.2. The molecule has 1 N–H and O–H groups in total. The van der Waals surface area contributed by atoms with Crippen LogP contribution in [0.3, 0.4) is 0 Å². The van der Waals surface area contributed by atoms with Gasteiger partial charge in [-0.1, -0.05) is 20.8 Å². The van der Waals surface area contributed by atoms with Gasteiger partial charge in [0, 0.05) is 12.1 Å². The molecule has 1 unspecified atom stereocenters. The lowest BCUT2D eigenvalue weighted by molar-refractivity contribution is -0.130. The Balaban J connectivity index is 1.94. The van der Waals surface area contributed by atoms with Gasteiger partial charge in [-0.05, 0) is 57.2 Å². The molecule has 0 bridgehead atoms. The van der Waals surface area contributed by atoms with Gasteiger partial charge in [-0.3, -0.25) is 4.79 Å². The van der Waals surface area contributed by atoms with Gasteiger partial charge in [0.25, 0.3) is 0 Å². The van der Waals surface area contributed by atoms with Crippen LogP contribution in [0.2, 0.25) is 18.1 Å². The van der Waals surface area contributed by atoms with E-state index in [0.717, 1.165) is 32.1 Å². The van der Waals surface area contributed by atoms with E-state index < -0.39 is 8.32 Å². The molecule has 2 aliphatic rings. The third-order valence-electron chi connectivity index (χ3n) is 5.71. The lowest BCUT2D eigenvalue weighted by Crippen LogP contribution is -2.46. The molecular weight excluding hydrogens is 266 g/mol. The van der Waals surface area contributed by atoms with Gasteiger partial charge in [-0.2, -0.15) is 0 Å². The van der Waals surface area contributed by atoms with Crippen molar-refractivity contribution in [1.82, 2.24) is 5.32 Å². The van der Waals surface area contributed by atoms with Gasteiger partial charge < -0.3 is 9.74 Å². The first kappa shape index (κ1) is 16.0. The second kappa shape index (κ2) is 5.13. The van der Waals surface area contributed by atoms with Gasteiger partial charge in [-0.25, -0.2) is 0 Å². The summed E-state index contributed by atoms with van der Waals surface area (Å²) < 4.78 is 6.52. The van der Waals surface area contributed by atoms with Crippen LogP contribution < -0.4 is 5.32 Å². The van der Waals surface area contributed by atoms with E-state index in [1.54, 1.807) is 0 Å². The molecule has 3 nitrogen and oxygen atoms in total. The standard InChI is InChI=1S/C16H31NO2Si/c1-12-11-16(14(18)17-12)9-7-13(8-10-16)19-20(5,6)15(2,3)4/h12-13H,7-11H2,1-6H3,(H,17,18). The Morgan fingerprint density at radius 1 is 1.25 bits per heavy atom. The molecule has 1 amide bonds. The molecule has 2 fully saturated rings. The van der Waals surface area contributed by atoms with Crippen LogP contribution in [0.1, 0.15) is 59.8 Å². The first-order valence-corrected chi connectivity index (χ1v) is 11.0. The Morgan fingerprint density at radius 3 is 2.20 bits per heavy atom. The predicted octanol–water partition coefficient (Wildman–Crippen LogP) is 3.85. The van der Waals surface area contributed by atoms with E-state index in [2.05, 4.69) is 46.1 Å². The molecular formula is C16H31NO2Si. The number of hydrogen-bond donors (Lipinski definition) is 1. The predicted molar refractivity (Wildman–Crippen MR) is 85.2 cm³/mol. The number of carbonyl (C=O) groups excluding carboxylic acids is 1. The van der Waals surface area contributed by atoms with Crippen molar-refractivity contribution in [2.24, 2.45) is 5.41 Å². The molecule has 20 heavy (non-hydrogen) atoms. The highest BCUT2D eigenvalue weighted by Crippen LogP contribution is 2.46. The summed E-state index contributed by atoms with van der Waals surface area (Å²) in [5, 5.41) is 3.36. The quantitative estimate of drug-likeness (QED) is 0.786. The van der Waals surface area contributed by atoms with Gasteiger partial charge in [0.05, 0.1) is 5.41 Å². The summed E-state index contributed by atoms with van der Waals surface area (Å²) in [6.07, 6.45) is 5.48. The largest absolute Gasteiger partial charge is 0.414 e. The summed E-state index contributed by atoms with van der Waals surface area (Å²) in [5.74, 6) is 0.288. The molecule has 2 rings (SSSR count). The number of hydrogen-bond acceptors (Lipinski definition) is 2. The molecule has 0 aromatic heterocycles. The Bertz CT molecular complexity index is 378. The molecule has 1 saturated carbocycles. The van der Waals surface area contributed by atoms with Crippen molar-refractivity contribution in [3.05, 3.63) is 0 Å². The summed E-state index contributed by atoms with van der Waals surface area (Å²) in [6.45, 7) is 13.6. The van der Waals surface area contributed by atoms with Crippen LogP contribution in [0.4, 0.5) is 0 Å². The topological polar surface area (TPSA) is 38.3 Å². The van der Waals surface area contributed by atoms with Crippen LogP contribution in [-0.4, -0.2) is 26.4 Å². The summed E-state index contributed by atoms with van der Waals surface area (Å²) in [4.78, 5) is 12.2. The van der Waals surface area contributed by atoms with Gasteiger partial charge in [0.1, 0.15) is 0 Å². The summed E-state index contributed by atoms with van der Waals surface area (Å²) in [7, 11) is -1.67. The smallest absolute Gasteiger partial charge is 0.226 e. The van der Waals surface area contributed by atoms with E-state index in [1.165, 1.54) is 0 Å². The second-order valence-electron chi connectivity index (χ2n) is 8.44. The number of rotatable bonds is 2. The van der Waals surface area contributed by atoms with Crippen LogP contribution in [-0.2, 0) is 9.22 Å². The van der Waals surface area contributed by atoms with Crippen LogP contribution in [0.5, 0.6) is 0 Å². The van der Waals surface area contributed by atoms with Crippen molar-refractivity contribution in [3.8, 4) is 0 Å². The monoisotopic (exact) mass is 297 g/mol. The van der Waals surface area contributed by atoms with E-state index in [4.69, 9.17) is 4.43 Å². The van der Waals surface area contributed by atoms with Crippen LogP contribution in [0.15, 0.2) is 0 Å².